The molecule has 0 fully saturated rings. The molecule has 0 atom stereocenters. The van der Waals surface area contributed by atoms with E-state index in [4.69, 9.17) is 0 Å². The predicted molar refractivity (Wildman–Crippen MR) is 84.7 cm³/mol. The molecule has 0 aliphatic rings. The summed E-state index contributed by atoms with van der Waals surface area (Å²) in [5.74, 6) is 0. The summed E-state index contributed by atoms with van der Waals surface area (Å²) in [6, 6.07) is 8.93. The van der Waals surface area contributed by atoms with Crippen LogP contribution in [0.1, 0.15) is 16.7 Å². The highest BCUT2D eigenvalue weighted by Crippen LogP contribution is 2.39. The van der Waals surface area contributed by atoms with E-state index >= 15 is 0 Å². The summed E-state index contributed by atoms with van der Waals surface area (Å²) >= 11 is 3.69. The zero-order valence-corrected chi connectivity index (χ0v) is 12.1. The third kappa shape index (κ3) is 1.82. The molecule has 0 unspecified atom stereocenters. The van der Waals surface area contributed by atoms with Crippen LogP contribution in [0.2, 0.25) is 0 Å². The van der Waals surface area contributed by atoms with Gasteiger partial charge in [-0.3, -0.25) is 0 Å². The molecule has 2 heterocycles. The van der Waals surface area contributed by atoms with Crippen LogP contribution in [0.15, 0.2) is 36.2 Å². The maximum Gasteiger partial charge on any atom is 0.0455 e. The van der Waals surface area contributed by atoms with Crippen molar-refractivity contribution in [2.45, 2.75) is 13.8 Å². The van der Waals surface area contributed by atoms with Crippen LogP contribution in [0.5, 0.6) is 0 Å². The number of thiophene rings is 2. The highest BCUT2D eigenvalue weighted by molar-refractivity contribution is 7.25. The van der Waals surface area contributed by atoms with Crippen molar-refractivity contribution >= 4 is 38.8 Å². The summed E-state index contributed by atoms with van der Waals surface area (Å²) < 4.78 is 1.35. The van der Waals surface area contributed by atoms with Gasteiger partial charge in [0, 0.05) is 14.5 Å². The van der Waals surface area contributed by atoms with Crippen molar-refractivity contribution < 1.29 is 0 Å². The largest absolute Gasteiger partial charge is 0.143 e. The average Bonchev–Trinajstić information content (AvgIpc) is 2.94. The van der Waals surface area contributed by atoms with Crippen LogP contribution in [0.25, 0.3) is 25.9 Å². The molecule has 0 aliphatic carbocycles. The minimum atomic E-state index is 1.28. The van der Waals surface area contributed by atoms with Crippen molar-refractivity contribution in [1.29, 1.82) is 0 Å². The third-order valence-corrected chi connectivity index (χ3v) is 5.55. The van der Waals surface area contributed by atoms with Gasteiger partial charge < -0.3 is 0 Å². The Morgan fingerprint density at radius 3 is 2.61 bits per heavy atom. The fraction of sp³-hybridized carbons (Fsp3) is 0.125. The van der Waals surface area contributed by atoms with E-state index in [0.717, 1.165) is 0 Å². The first-order valence-corrected chi connectivity index (χ1v) is 7.60. The standard InChI is InChI=1S/C16H14S2/c1-4-13-11(3)5-6-12-8-15(18-16(12)13)14-7-10(2)9-17-14/h4-9H,1H2,2-3H3. The number of benzene rings is 1. The van der Waals surface area contributed by atoms with E-state index in [-0.39, 0.29) is 0 Å². The molecule has 90 valence electrons. The molecule has 0 aliphatic heterocycles. The second-order valence-electron chi connectivity index (χ2n) is 4.52. The van der Waals surface area contributed by atoms with E-state index in [1.807, 2.05) is 28.7 Å². The fourth-order valence-electron chi connectivity index (χ4n) is 2.16. The Bertz CT molecular complexity index is 729. The van der Waals surface area contributed by atoms with Crippen LogP contribution in [-0.4, -0.2) is 0 Å². The van der Waals surface area contributed by atoms with Gasteiger partial charge in [0.25, 0.3) is 0 Å². The molecule has 3 rings (SSSR count). The summed E-state index contributed by atoms with van der Waals surface area (Å²) in [4.78, 5) is 2.72. The topological polar surface area (TPSA) is 0 Å². The Hall–Kier alpha value is -1.38. The summed E-state index contributed by atoms with van der Waals surface area (Å²) in [5, 5.41) is 3.53. The van der Waals surface area contributed by atoms with Crippen LogP contribution in [0.4, 0.5) is 0 Å². The second kappa shape index (κ2) is 4.38. The number of rotatable bonds is 2. The van der Waals surface area contributed by atoms with Gasteiger partial charge in [0.05, 0.1) is 0 Å². The Balaban J connectivity index is 2.25. The number of hydrogen-bond acceptors (Lipinski definition) is 2. The summed E-state index contributed by atoms with van der Waals surface area (Å²) in [6.07, 6.45) is 1.97. The van der Waals surface area contributed by atoms with Gasteiger partial charge in [-0.05, 0) is 53.4 Å². The minimum absolute atomic E-state index is 1.28. The third-order valence-electron chi connectivity index (χ3n) is 3.12. The fourth-order valence-corrected chi connectivity index (χ4v) is 4.40. The molecule has 18 heavy (non-hydrogen) atoms. The Labute approximate surface area is 115 Å². The average molecular weight is 270 g/mol. The molecule has 0 spiro atoms. The van der Waals surface area contributed by atoms with E-state index < -0.39 is 0 Å². The zero-order chi connectivity index (χ0) is 12.7. The van der Waals surface area contributed by atoms with Gasteiger partial charge in [0.2, 0.25) is 0 Å². The highest BCUT2D eigenvalue weighted by atomic mass is 32.1. The molecular weight excluding hydrogens is 256 g/mol. The van der Waals surface area contributed by atoms with Crippen molar-refractivity contribution in [3.63, 3.8) is 0 Å². The van der Waals surface area contributed by atoms with Gasteiger partial charge in [-0.2, -0.15) is 0 Å². The smallest absolute Gasteiger partial charge is 0.0455 e. The second-order valence-corrected chi connectivity index (χ2v) is 6.48. The molecule has 2 aromatic heterocycles. The first-order chi connectivity index (χ1) is 8.69. The van der Waals surface area contributed by atoms with Crippen molar-refractivity contribution in [2.24, 2.45) is 0 Å². The van der Waals surface area contributed by atoms with Crippen LogP contribution >= 0.6 is 22.7 Å². The lowest BCUT2D eigenvalue weighted by Gasteiger charge is -2.00. The molecule has 0 saturated carbocycles. The molecule has 3 aromatic rings. The maximum absolute atomic E-state index is 3.94. The number of hydrogen-bond donors (Lipinski definition) is 0. The van der Waals surface area contributed by atoms with E-state index in [1.165, 1.54) is 36.5 Å². The first kappa shape index (κ1) is 11.7. The SMILES string of the molecule is C=Cc1c(C)ccc2cc(-c3cc(C)cs3)sc12. The van der Waals surface area contributed by atoms with E-state index in [2.05, 4.69) is 50.1 Å². The first-order valence-electron chi connectivity index (χ1n) is 5.90. The van der Waals surface area contributed by atoms with Gasteiger partial charge in [-0.25, -0.2) is 0 Å². The molecule has 0 amide bonds. The van der Waals surface area contributed by atoms with E-state index in [1.54, 1.807) is 0 Å². The molecule has 0 N–H and O–H groups in total. The van der Waals surface area contributed by atoms with Gasteiger partial charge in [0.15, 0.2) is 0 Å². The van der Waals surface area contributed by atoms with Gasteiger partial charge in [-0.1, -0.05) is 24.8 Å². The maximum atomic E-state index is 3.94. The van der Waals surface area contributed by atoms with Gasteiger partial charge >= 0.3 is 0 Å². The summed E-state index contributed by atoms with van der Waals surface area (Å²) in [5.41, 5.74) is 3.91. The summed E-state index contributed by atoms with van der Waals surface area (Å²) in [7, 11) is 0. The van der Waals surface area contributed by atoms with Crippen LogP contribution in [0.3, 0.4) is 0 Å². The lowest BCUT2D eigenvalue weighted by atomic mass is 10.1. The van der Waals surface area contributed by atoms with Crippen molar-refractivity contribution in [3.8, 4) is 9.75 Å². The molecule has 1 aromatic carbocycles. The number of aryl methyl sites for hydroxylation is 2. The quantitative estimate of drug-likeness (QED) is 0.544. The normalized spacial score (nSPS) is 11.0. The molecule has 2 heteroatoms. The molecule has 0 bridgehead atoms. The van der Waals surface area contributed by atoms with Crippen molar-refractivity contribution in [3.05, 3.63) is 52.9 Å². The van der Waals surface area contributed by atoms with Gasteiger partial charge in [-0.15, -0.1) is 22.7 Å². The van der Waals surface area contributed by atoms with Crippen molar-refractivity contribution in [1.82, 2.24) is 0 Å². The van der Waals surface area contributed by atoms with Crippen LogP contribution in [-0.2, 0) is 0 Å². The molecule has 0 saturated heterocycles. The lowest BCUT2D eigenvalue weighted by molar-refractivity contribution is 1.49. The van der Waals surface area contributed by atoms with E-state index in [9.17, 15) is 0 Å². The van der Waals surface area contributed by atoms with Gasteiger partial charge in [0.1, 0.15) is 0 Å². The lowest BCUT2D eigenvalue weighted by Crippen LogP contribution is -1.78. The minimum Gasteiger partial charge on any atom is -0.143 e. The predicted octanol–water partition coefficient (Wildman–Crippen LogP) is 5.89. The van der Waals surface area contributed by atoms with Crippen LogP contribution in [0, 0.1) is 13.8 Å². The molecular formula is C16H14S2. The monoisotopic (exact) mass is 270 g/mol. The van der Waals surface area contributed by atoms with Crippen LogP contribution < -0.4 is 0 Å². The van der Waals surface area contributed by atoms with Crippen molar-refractivity contribution in [2.75, 3.05) is 0 Å². The van der Waals surface area contributed by atoms with E-state index in [0.29, 0.717) is 0 Å². The molecule has 0 nitrogen and oxygen atoms in total. The number of fused-ring (bicyclic) bond motifs is 1. The Morgan fingerprint density at radius 2 is 1.94 bits per heavy atom. The zero-order valence-electron chi connectivity index (χ0n) is 10.5. The highest BCUT2D eigenvalue weighted by Gasteiger charge is 2.09. The Kier molecular flexibility index (Phi) is 2.84. The molecule has 0 radical (unpaired) electrons. The Morgan fingerprint density at radius 1 is 1.11 bits per heavy atom. The summed E-state index contributed by atoms with van der Waals surface area (Å²) in [6.45, 7) is 8.23.